The van der Waals surface area contributed by atoms with Crippen LogP contribution in [0, 0.1) is 0 Å². The molecule has 2 aliphatic rings. The lowest BCUT2D eigenvalue weighted by molar-refractivity contribution is -0.266. The molecule has 0 bridgehead atoms. The van der Waals surface area contributed by atoms with Crippen LogP contribution in [0.5, 0.6) is 0 Å². The van der Waals surface area contributed by atoms with Crippen LogP contribution in [-0.2, 0) is 20.4 Å². The van der Waals surface area contributed by atoms with Gasteiger partial charge < -0.3 is 10.0 Å². The van der Waals surface area contributed by atoms with Gasteiger partial charge in [0, 0.05) is 37.6 Å². The predicted octanol–water partition coefficient (Wildman–Crippen LogP) is 17.4. The summed E-state index contributed by atoms with van der Waals surface area (Å²) in [5.74, 6) is -10.8. The van der Waals surface area contributed by atoms with E-state index in [1.807, 2.05) is 24.3 Å². The van der Waals surface area contributed by atoms with E-state index in [4.69, 9.17) is 0 Å². The molecule has 5 aromatic carbocycles. The van der Waals surface area contributed by atoms with Gasteiger partial charge in [0.2, 0.25) is 5.78 Å². The Balaban J connectivity index is 1.27. The molecule has 8 rings (SSSR count). The lowest BCUT2D eigenvalue weighted by atomic mass is 9.70. The number of benzene rings is 5. The number of Topliss-reactive ketones (excluding diaryl/α,β-unsaturated/α-hetero) is 1. The summed E-state index contributed by atoms with van der Waals surface area (Å²) in [5.41, 5.74) is 12.3. The highest BCUT2D eigenvalue weighted by atomic mass is 32.1. The molecule has 0 saturated heterocycles. The van der Waals surface area contributed by atoms with Gasteiger partial charge >= 0.3 is 18.1 Å². The SMILES string of the molecule is CCCCC1(CCCC)c2ccccc2-c2ccc(N(c3ccc(-c4ccc(/C=C(/C(=O)O)C(=O)C(F)(F)C(F)(F)F)s4)cc3)c3ccc4c(c3)C(CCCC)(CCCC)c3ccccc3-4)cc21. The molecule has 0 aliphatic heterocycles. The van der Waals surface area contributed by atoms with Gasteiger partial charge in [-0.25, -0.2) is 4.79 Å². The summed E-state index contributed by atoms with van der Waals surface area (Å²) in [7, 11) is 0. The van der Waals surface area contributed by atoms with E-state index in [-0.39, 0.29) is 15.7 Å². The van der Waals surface area contributed by atoms with Crippen molar-refractivity contribution in [3.8, 4) is 32.7 Å². The van der Waals surface area contributed by atoms with Gasteiger partial charge in [-0.05, 0) is 130 Å². The first-order valence-electron chi connectivity index (χ1n) is 24.1. The van der Waals surface area contributed by atoms with Crippen molar-refractivity contribution in [2.45, 2.75) is 128 Å². The van der Waals surface area contributed by atoms with Crippen LogP contribution < -0.4 is 4.90 Å². The van der Waals surface area contributed by atoms with Crippen molar-refractivity contribution in [1.82, 2.24) is 0 Å². The van der Waals surface area contributed by atoms with Crippen LogP contribution in [0.1, 0.15) is 132 Å². The molecule has 1 aromatic heterocycles. The standard InChI is InChI=1S/C58H58F5NO3S/c1-5-9-31-55(32-10-6-2)48-19-15-13-17-43(48)45-28-25-40(35-50(45)55)64(41-26-29-46-44-18-14-16-20-49(44)56(33-11-7-3,34-12-8-4)51(46)36-41)39-23-21-38(22-24-39)52-30-27-42(68-52)37-47(54(66)67)53(65)57(59,60)58(61,62)63/h13-30,35-37H,5-12,31-34H2,1-4H3,(H,66,67)/b47-37+. The van der Waals surface area contributed by atoms with Crippen LogP contribution in [0.15, 0.2) is 127 Å². The molecular formula is C58H58F5NO3S. The lowest BCUT2D eigenvalue weighted by Gasteiger charge is -2.35. The Morgan fingerprint density at radius 2 is 0.985 bits per heavy atom. The summed E-state index contributed by atoms with van der Waals surface area (Å²) in [6.07, 6.45) is 7.29. The minimum absolute atomic E-state index is 0.0389. The highest BCUT2D eigenvalue weighted by Gasteiger charge is 2.64. The van der Waals surface area contributed by atoms with Gasteiger partial charge in [0.25, 0.3) is 0 Å². The van der Waals surface area contributed by atoms with E-state index < -0.39 is 29.4 Å². The van der Waals surface area contributed by atoms with Crippen LogP contribution in [0.3, 0.4) is 0 Å². The second-order valence-corrected chi connectivity index (χ2v) is 19.6. The Morgan fingerprint density at radius 1 is 0.559 bits per heavy atom. The summed E-state index contributed by atoms with van der Waals surface area (Å²) in [6, 6.07) is 42.6. The zero-order chi connectivity index (χ0) is 48.4. The quantitative estimate of drug-likeness (QED) is 0.0359. The summed E-state index contributed by atoms with van der Waals surface area (Å²) in [6.45, 7) is 9.02. The van der Waals surface area contributed by atoms with E-state index in [2.05, 4.69) is 118 Å². The summed E-state index contributed by atoms with van der Waals surface area (Å²) in [4.78, 5) is 27.1. The molecule has 0 unspecified atom stereocenters. The smallest absolute Gasteiger partial charge is 0.461 e. The molecule has 0 radical (unpaired) electrons. The second kappa shape index (κ2) is 19.6. The average Bonchev–Trinajstić information content (AvgIpc) is 4.00. The fourth-order valence-corrected chi connectivity index (χ4v) is 11.8. The fourth-order valence-electron chi connectivity index (χ4n) is 10.9. The van der Waals surface area contributed by atoms with Crippen LogP contribution in [0.4, 0.5) is 39.0 Å². The fraction of sp³-hybridized carbons (Fsp3) is 0.345. The topological polar surface area (TPSA) is 57.6 Å². The number of carboxylic acid groups (broad SMARTS) is 1. The molecule has 4 nitrogen and oxygen atoms in total. The Bertz CT molecular complexity index is 2700. The molecule has 0 spiro atoms. The molecule has 354 valence electrons. The number of halogens is 5. The Morgan fingerprint density at radius 3 is 1.41 bits per heavy atom. The number of carbonyl (C=O) groups excluding carboxylic acids is 1. The largest absolute Gasteiger partial charge is 0.478 e. The summed E-state index contributed by atoms with van der Waals surface area (Å²) >= 11 is 0.983. The number of rotatable bonds is 20. The van der Waals surface area contributed by atoms with Gasteiger partial charge in [-0.15, -0.1) is 11.3 Å². The number of fused-ring (bicyclic) bond motifs is 6. The molecule has 0 amide bonds. The van der Waals surface area contributed by atoms with Crippen molar-refractivity contribution in [3.63, 3.8) is 0 Å². The number of aliphatic carboxylic acids is 1. The minimum Gasteiger partial charge on any atom is -0.478 e. The van der Waals surface area contributed by atoms with Crippen molar-refractivity contribution in [2.75, 3.05) is 4.90 Å². The zero-order valence-corrected chi connectivity index (χ0v) is 39.9. The monoisotopic (exact) mass is 943 g/mol. The number of hydrogen-bond donors (Lipinski definition) is 1. The van der Waals surface area contributed by atoms with E-state index in [1.54, 1.807) is 6.07 Å². The van der Waals surface area contributed by atoms with Gasteiger partial charge in [0.05, 0.1) is 0 Å². The number of hydrogen-bond acceptors (Lipinski definition) is 4. The third-order valence-corrected chi connectivity index (χ3v) is 15.4. The molecule has 10 heteroatoms. The highest BCUT2D eigenvalue weighted by molar-refractivity contribution is 7.16. The van der Waals surface area contributed by atoms with Gasteiger partial charge in [-0.1, -0.05) is 152 Å². The molecule has 6 aromatic rings. The first-order chi connectivity index (χ1) is 32.6. The number of nitrogens with zero attached hydrogens (tertiary/aromatic N) is 1. The van der Waals surface area contributed by atoms with E-state index >= 15 is 0 Å². The normalized spacial score (nSPS) is 14.6. The summed E-state index contributed by atoms with van der Waals surface area (Å²) < 4.78 is 67.2. The van der Waals surface area contributed by atoms with E-state index in [0.717, 1.165) is 105 Å². The third-order valence-electron chi connectivity index (χ3n) is 14.3. The van der Waals surface area contributed by atoms with E-state index in [0.29, 0.717) is 16.5 Å². The van der Waals surface area contributed by atoms with Crippen molar-refractivity contribution in [3.05, 3.63) is 154 Å². The van der Waals surface area contributed by atoms with Gasteiger partial charge in [-0.2, -0.15) is 22.0 Å². The van der Waals surface area contributed by atoms with Crippen molar-refractivity contribution in [2.24, 2.45) is 0 Å². The van der Waals surface area contributed by atoms with Crippen LogP contribution >= 0.6 is 11.3 Å². The summed E-state index contributed by atoms with van der Waals surface area (Å²) in [5, 5.41) is 9.54. The van der Waals surface area contributed by atoms with Crippen LogP contribution in [0.25, 0.3) is 38.8 Å². The maximum Gasteiger partial charge on any atom is 0.461 e. The first kappa shape index (κ1) is 48.6. The van der Waals surface area contributed by atoms with Gasteiger partial charge in [-0.3, -0.25) is 4.79 Å². The van der Waals surface area contributed by atoms with E-state index in [9.17, 15) is 36.6 Å². The molecular weight excluding hydrogens is 886 g/mol. The number of carboxylic acids is 1. The lowest BCUT2D eigenvalue weighted by Crippen LogP contribution is -2.45. The van der Waals surface area contributed by atoms with Crippen molar-refractivity contribution >= 4 is 46.2 Å². The molecule has 68 heavy (non-hydrogen) atoms. The average molecular weight is 944 g/mol. The predicted molar refractivity (Wildman–Crippen MR) is 267 cm³/mol. The number of thiophene rings is 1. The van der Waals surface area contributed by atoms with E-state index in [1.165, 1.54) is 50.6 Å². The van der Waals surface area contributed by atoms with Crippen LogP contribution in [0.2, 0.25) is 0 Å². The first-order valence-corrected chi connectivity index (χ1v) is 24.9. The number of alkyl halides is 5. The van der Waals surface area contributed by atoms with Crippen molar-refractivity contribution < 1.29 is 36.6 Å². The third kappa shape index (κ3) is 8.62. The number of carbonyl (C=O) groups is 2. The number of ketones is 1. The molecule has 2 aliphatic carbocycles. The Labute approximate surface area is 400 Å². The van der Waals surface area contributed by atoms with Gasteiger partial charge in [0.1, 0.15) is 5.57 Å². The van der Waals surface area contributed by atoms with Crippen LogP contribution in [-0.4, -0.2) is 29.0 Å². The maximum absolute atomic E-state index is 14.0. The minimum atomic E-state index is -6.25. The van der Waals surface area contributed by atoms with Crippen molar-refractivity contribution in [1.29, 1.82) is 0 Å². The Hall–Kier alpha value is -5.87. The highest BCUT2D eigenvalue weighted by Crippen LogP contribution is 2.58. The molecule has 0 saturated carbocycles. The number of anilines is 3. The van der Waals surface area contributed by atoms with Gasteiger partial charge in [0.15, 0.2) is 0 Å². The molecule has 1 heterocycles. The molecule has 1 N–H and O–H groups in total. The molecule has 0 fully saturated rings. The number of unbranched alkanes of at least 4 members (excludes halogenated alkanes) is 4. The zero-order valence-electron chi connectivity index (χ0n) is 39.1. The molecule has 0 atom stereocenters. The maximum atomic E-state index is 14.0. The Kier molecular flexibility index (Phi) is 14.0. The second-order valence-electron chi connectivity index (χ2n) is 18.5.